The molecule has 30 heavy (non-hydrogen) atoms. The summed E-state index contributed by atoms with van der Waals surface area (Å²) < 4.78 is 69.9. The van der Waals surface area contributed by atoms with Crippen molar-refractivity contribution in [3.05, 3.63) is 54.3 Å². The summed E-state index contributed by atoms with van der Waals surface area (Å²) in [5, 5.41) is -0.709. The van der Waals surface area contributed by atoms with E-state index in [2.05, 4.69) is 4.72 Å². The maximum Gasteiger partial charge on any atom is 0.240 e. The van der Waals surface area contributed by atoms with E-state index in [0.717, 1.165) is 12.1 Å². The summed E-state index contributed by atoms with van der Waals surface area (Å²) in [6, 6.07) is 10.6. The van der Waals surface area contributed by atoms with Crippen LogP contribution in [0.4, 0.5) is 4.39 Å². The lowest BCUT2D eigenvalue weighted by molar-refractivity contribution is -0.134. The van der Waals surface area contributed by atoms with Crippen molar-refractivity contribution in [2.75, 3.05) is 26.7 Å². The van der Waals surface area contributed by atoms with Crippen LogP contribution in [0.3, 0.4) is 0 Å². The van der Waals surface area contributed by atoms with Gasteiger partial charge in [0, 0.05) is 26.1 Å². The number of nitrogens with one attached hydrogen (secondary N) is 1. The molecule has 0 bridgehead atoms. The Hall–Kier alpha value is -2.50. The fourth-order valence-electron chi connectivity index (χ4n) is 2.96. The van der Waals surface area contributed by atoms with E-state index in [-0.39, 0.29) is 41.8 Å². The second kappa shape index (κ2) is 8.70. The highest BCUT2D eigenvalue weighted by Gasteiger charge is 2.40. The molecule has 0 unspecified atom stereocenters. The van der Waals surface area contributed by atoms with Crippen LogP contribution < -0.4 is 9.46 Å². The van der Waals surface area contributed by atoms with Gasteiger partial charge in [-0.25, -0.2) is 25.9 Å². The molecule has 1 heterocycles. The van der Waals surface area contributed by atoms with Crippen LogP contribution in [0, 0.1) is 5.82 Å². The average molecular weight is 457 g/mol. The van der Waals surface area contributed by atoms with E-state index in [1.807, 2.05) is 0 Å². The normalized spacial score (nSPS) is 14.9. The van der Waals surface area contributed by atoms with Crippen molar-refractivity contribution in [3.8, 4) is 5.75 Å². The molecule has 2 aromatic rings. The molecule has 162 valence electrons. The summed E-state index contributed by atoms with van der Waals surface area (Å²) in [7, 11) is -6.03. The van der Waals surface area contributed by atoms with Gasteiger partial charge in [0.15, 0.2) is 9.84 Å². The third kappa shape index (κ3) is 4.79. The third-order valence-electron chi connectivity index (χ3n) is 4.76. The molecule has 3 rings (SSSR count). The molecule has 1 aliphatic rings. The standard InChI is InChI=1S/C19H21FN2O6S2/c1-28-15-5-7-16(8-6-15)29(24,25)18-12-22(13-18)19(23)9-10-21-30(26,27)17-4-2-3-14(20)11-17/h2-8,11,18,21H,9-10,12-13H2,1H3. The second-order valence-electron chi connectivity index (χ2n) is 6.75. The summed E-state index contributed by atoms with van der Waals surface area (Å²) >= 11 is 0. The van der Waals surface area contributed by atoms with Crippen molar-refractivity contribution in [2.45, 2.75) is 21.5 Å². The zero-order chi connectivity index (χ0) is 21.9. The van der Waals surface area contributed by atoms with Crippen LogP contribution >= 0.6 is 0 Å². The molecule has 11 heteroatoms. The number of ether oxygens (including phenoxy) is 1. The van der Waals surface area contributed by atoms with Crippen LogP contribution in [-0.4, -0.2) is 59.6 Å². The van der Waals surface area contributed by atoms with E-state index in [4.69, 9.17) is 4.74 Å². The van der Waals surface area contributed by atoms with Gasteiger partial charge in [0.25, 0.3) is 0 Å². The minimum absolute atomic E-state index is 0.0455. The number of sulfonamides is 1. The molecule has 1 saturated heterocycles. The van der Waals surface area contributed by atoms with Crippen molar-refractivity contribution in [3.63, 3.8) is 0 Å². The quantitative estimate of drug-likeness (QED) is 0.639. The lowest BCUT2D eigenvalue weighted by Gasteiger charge is -2.38. The maximum absolute atomic E-state index is 13.2. The molecule has 0 aliphatic carbocycles. The number of carbonyl (C=O) groups excluding carboxylic acids is 1. The molecule has 1 N–H and O–H groups in total. The SMILES string of the molecule is COc1ccc(S(=O)(=O)C2CN(C(=O)CCNS(=O)(=O)c3cccc(F)c3)C2)cc1. The zero-order valence-corrected chi connectivity index (χ0v) is 17.7. The van der Waals surface area contributed by atoms with Gasteiger partial charge in [-0.2, -0.15) is 0 Å². The summed E-state index contributed by atoms with van der Waals surface area (Å²) in [4.78, 5) is 13.5. The summed E-state index contributed by atoms with van der Waals surface area (Å²) in [6.45, 7) is -0.0856. The first-order valence-electron chi connectivity index (χ1n) is 9.04. The van der Waals surface area contributed by atoms with Gasteiger partial charge >= 0.3 is 0 Å². The fourth-order valence-corrected chi connectivity index (χ4v) is 5.68. The number of rotatable bonds is 8. The molecule has 1 fully saturated rings. The highest BCUT2D eigenvalue weighted by atomic mass is 32.2. The van der Waals surface area contributed by atoms with Gasteiger partial charge in [-0.15, -0.1) is 0 Å². The van der Waals surface area contributed by atoms with Gasteiger partial charge < -0.3 is 9.64 Å². The van der Waals surface area contributed by atoms with Crippen LogP contribution in [0.2, 0.25) is 0 Å². The molecule has 0 saturated carbocycles. The minimum atomic E-state index is -3.94. The molecule has 8 nitrogen and oxygen atoms in total. The summed E-state index contributed by atoms with van der Waals surface area (Å²) in [5.74, 6) is -0.503. The molecular formula is C19H21FN2O6S2. The minimum Gasteiger partial charge on any atom is -0.497 e. The molecule has 1 aliphatic heterocycles. The highest BCUT2D eigenvalue weighted by molar-refractivity contribution is 7.92. The lowest BCUT2D eigenvalue weighted by atomic mass is 10.2. The topological polar surface area (TPSA) is 110 Å². The maximum atomic E-state index is 13.2. The van der Waals surface area contributed by atoms with Gasteiger partial charge in [0.2, 0.25) is 15.9 Å². The summed E-state index contributed by atoms with van der Waals surface area (Å²) in [6.07, 6.45) is -0.135. The Morgan fingerprint density at radius 1 is 1.10 bits per heavy atom. The first-order chi connectivity index (χ1) is 14.1. The first-order valence-corrected chi connectivity index (χ1v) is 12.1. The number of halogens is 1. The Bertz CT molecular complexity index is 1130. The molecule has 0 atom stereocenters. The van der Waals surface area contributed by atoms with Crippen LogP contribution in [0.25, 0.3) is 0 Å². The van der Waals surface area contributed by atoms with E-state index in [1.54, 1.807) is 12.1 Å². The number of hydrogen-bond donors (Lipinski definition) is 1. The molecule has 0 spiro atoms. The van der Waals surface area contributed by atoms with Crippen molar-refractivity contribution in [1.82, 2.24) is 9.62 Å². The van der Waals surface area contributed by atoms with E-state index in [9.17, 15) is 26.0 Å². The van der Waals surface area contributed by atoms with E-state index in [1.165, 1.54) is 36.3 Å². The molecule has 1 amide bonds. The van der Waals surface area contributed by atoms with Gasteiger partial charge in [-0.3, -0.25) is 4.79 Å². The molecule has 0 aromatic heterocycles. The van der Waals surface area contributed by atoms with Crippen molar-refractivity contribution >= 4 is 25.8 Å². The van der Waals surface area contributed by atoms with Gasteiger partial charge in [-0.1, -0.05) is 6.07 Å². The van der Waals surface area contributed by atoms with Crippen LogP contribution in [-0.2, 0) is 24.7 Å². The first kappa shape index (κ1) is 22.2. The van der Waals surface area contributed by atoms with Crippen molar-refractivity contribution in [1.29, 1.82) is 0 Å². The average Bonchev–Trinajstić information content (AvgIpc) is 2.66. The molecule has 2 aromatic carbocycles. The third-order valence-corrected chi connectivity index (χ3v) is 8.33. The van der Waals surface area contributed by atoms with Crippen molar-refractivity contribution in [2.24, 2.45) is 0 Å². The number of benzene rings is 2. The largest absolute Gasteiger partial charge is 0.497 e. The number of carbonyl (C=O) groups is 1. The Kier molecular flexibility index (Phi) is 6.44. The van der Waals surface area contributed by atoms with Gasteiger partial charge in [0.1, 0.15) is 16.8 Å². The van der Waals surface area contributed by atoms with Gasteiger partial charge in [-0.05, 0) is 42.5 Å². The van der Waals surface area contributed by atoms with E-state index >= 15 is 0 Å². The number of methoxy groups -OCH3 is 1. The molecular weight excluding hydrogens is 435 g/mol. The molecule has 0 radical (unpaired) electrons. The smallest absolute Gasteiger partial charge is 0.240 e. The number of nitrogens with zero attached hydrogens (tertiary/aromatic N) is 1. The lowest BCUT2D eigenvalue weighted by Crippen LogP contribution is -2.57. The monoisotopic (exact) mass is 456 g/mol. The predicted octanol–water partition coefficient (Wildman–Crippen LogP) is 1.19. The van der Waals surface area contributed by atoms with Crippen molar-refractivity contribution < 1.29 is 30.8 Å². The Balaban J connectivity index is 1.50. The van der Waals surface area contributed by atoms with Gasteiger partial charge in [0.05, 0.1) is 16.9 Å². The van der Waals surface area contributed by atoms with E-state index in [0.29, 0.717) is 5.75 Å². The van der Waals surface area contributed by atoms with Crippen LogP contribution in [0.15, 0.2) is 58.3 Å². The second-order valence-corrected chi connectivity index (χ2v) is 10.7. The Morgan fingerprint density at radius 3 is 2.37 bits per heavy atom. The number of hydrogen-bond acceptors (Lipinski definition) is 6. The highest BCUT2D eigenvalue weighted by Crippen LogP contribution is 2.25. The van der Waals surface area contributed by atoms with Crippen LogP contribution in [0.5, 0.6) is 5.75 Å². The Labute approximate surface area is 174 Å². The summed E-state index contributed by atoms with van der Waals surface area (Å²) in [5.41, 5.74) is 0. The Morgan fingerprint density at radius 2 is 1.77 bits per heavy atom. The fraction of sp³-hybridized carbons (Fsp3) is 0.316. The predicted molar refractivity (Wildman–Crippen MR) is 107 cm³/mol. The van der Waals surface area contributed by atoms with Crippen LogP contribution in [0.1, 0.15) is 6.42 Å². The number of amides is 1. The van der Waals surface area contributed by atoms with E-state index < -0.39 is 30.9 Å². The number of sulfone groups is 1. The zero-order valence-electron chi connectivity index (χ0n) is 16.1. The number of likely N-dealkylation sites (tertiary alicyclic amines) is 1.